The van der Waals surface area contributed by atoms with Crippen molar-refractivity contribution in [3.63, 3.8) is 0 Å². The topological polar surface area (TPSA) is 72.2 Å². The number of hydrogen-bond donors (Lipinski definition) is 2. The molecule has 1 aliphatic rings. The molecule has 0 atom stereocenters. The van der Waals surface area contributed by atoms with Gasteiger partial charge in [0, 0.05) is 18.9 Å². The van der Waals surface area contributed by atoms with Crippen LogP contribution in [0.3, 0.4) is 0 Å². The van der Waals surface area contributed by atoms with Crippen molar-refractivity contribution in [3.05, 3.63) is 0 Å². The third-order valence-electron chi connectivity index (χ3n) is 2.51. The monoisotopic (exact) mass is 184 g/mol. The van der Waals surface area contributed by atoms with E-state index in [9.17, 15) is 9.59 Å². The maximum Gasteiger partial charge on any atom is 0.219 e. The van der Waals surface area contributed by atoms with Crippen molar-refractivity contribution in [1.82, 2.24) is 5.32 Å². The lowest BCUT2D eigenvalue weighted by molar-refractivity contribution is -0.123. The van der Waals surface area contributed by atoms with Crippen LogP contribution in [-0.4, -0.2) is 17.4 Å². The number of amides is 2. The van der Waals surface area contributed by atoms with E-state index in [0.717, 1.165) is 25.7 Å². The van der Waals surface area contributed by atoms with E-state index in [0.29, 0.717) is 0 Å². The largest absolute Gasteiger partial charge is 0.370 e. The van der Waals surface area contributed by atoms with Crippen molar-refractivity contribution in [1.29, 1.82) is 0 Å². The SMILES string of the molecule is CC(=O)NC1(CC(N)=O)CCCC1. The van der Waals surface area contributed by atoms with Gasteiger partial charge in [-0.25, -0.2) is 0 Å². The van der Waals surface area contributed by atoms with E-state index in [1.54, 1.807) is 0 Å². The predicted octanol–water partition coefficient (Wildman–Crippen LogP) is 0.311. The lowest BCUT2D eigenvalue weighted by Gasteiger charge is -2.28. The quantitative estimate of drug-likeness (QED) is 0.662. The van der Waals surface area contributed by atoms with Crippen LogP contribution in [-0.2, 0) is 9.59 Å². The molecule has 1 fully saturated rings. The number of rotatable bonds is 3. The molecule has 74 valence electrons. The Morgan fingerprint density at radius 3 is 2.31 bits per heavy atom. The smallest absolute Gasteiger partial charge is 0.219 e. The molecule has 0 spiro atoms. The highest BCUT2D eigenvalue weighted by Gasteiger charge is 2.35. The number of hydrogen-bond acceptors (Lipinski definition) is 2. The molecular formula is C9H16N2O2. The molecule has 3 N–H and O–H groups in total. The Hall–Kier alpha value is -1.06. The summed E-state index contributed by atoms with van der Waals surface area (Å²) in [7, 11) is 0. The first kappa shape index (κ1) is 10.0. The zero-order valence-corrected chi connectivity index (χ0v) is 7.93. The molecule has 2 amide bonds. The van der Waals surface area contributed by atoms with Crippen molar-refractivity contribution >= 4 is 11.8 Å². The van der Waals surface area contributed by atoms with Gasteiger partial charge in [0.05, 0.1) is 0 Å². The van der Waals surface area contributed by atoms with Crippen molar-refractivity contribution in [2.75, 3.05) is 0 Å². The van der Waals surface area contributed by atoms with Crippen LogP contribution in [0.4, 0.5) is 0 Å². The van der Waals surface area contributed by atoms with Gasteiger partial charge in [-0.2, -0.15) is 0 Å². The zero-order chi connectivity index (χ0) is 9.90. The molecule has 0 aromatic rings. The molecule has 4 nitrogen and oxygen atoms in total. The summed E-state index contributed by atoms with van der Waals surface area (Å²) >= 11 is 0. The van der Waals surface area contributed by atoms with Crippen LogP contribution in [0, 0.1) is 0 Å². The number of carbonyl (C=O) groups is 2. The summed E-state index contributed by atoms with van der Waals surface area (Å²) in [6, 6.07) is 0. The Labute approximate surface area is 77.9 Å². The Balaban J connectivity index is 2.62. The van der Waals surface area contributed by atoms with E-state index in [2.05, 4.69) is 5.32 Å². The fourth-order valence-corrected chi connectivity index (χ4v) is 2.10. The van der Waals surface area contributed by atoms with E-state index < -0.39 is 0 Å². The van der Waals surface area contributed by atoms with Crippen LogP contribution in [0.1, 0.15) is 39.0 Å². The van der Waals surface area contributed by atoms with Gasteiger partial charge in [-0.1, -0.05) is 12.8 Å². The Morgan fingerprint density at radius 1 is 1.38 bits per heavy atom. The van der Waals surface area contributed by atoms with E-state index in [1.165, 1.54) is 6.92 Å². The number of carbonyl (C=O) groups excluding carboxylic acids is 2. The average Bonchev–Trinajstić information content (AvgIpc) is 2.33. The number of nitrogens with two attached hydrogens (primary N) is 1. The standard InChI is InChI=1S/C9H16N2O2/c1-7(12)11-9(6-8(10)13)4-2-3-5-9/h2-6H2,1H3,(H2,10,13)(H,11,12). The van der Waals surface area contributed by atoms with E-state index in [4.69, 9.17) is 5.73 Å². The summed E-state index contributed by atoms with van der Waals surface area (Å²) in [5.74, 6) is -0.418. The number of primary amides is 1. The Bertz CT molecular complexity index is 202. The van der Waals surface area contributed by atoms with Crippen LogP contribution in [0.2, 0.25) is 0 Å². The summed E-state index contributed by atoms with van der Waals surface area (Å²) in [4.78, 5) is 21.7. The van der Waals surface area contributed by atoms with Gasteiger partial charge in [0.2, 0.25) is 11.8 Å². The molecule has 1 saturated carbocycles. The molecule has 4 heteroatoms. The molecule has 0 aromatic heterocycles. The molecule has 0 heterocycles. The highest BCUT2D eigenvalue weighted by molar-refractivity contribution is 5.78. The van der Waals surface area contributed by atoms with Gasteiger partial charge >= 0.3 is 0 Å². The lowest BCUT2D eigenvalue weighted by atomic mass is 9.93. The molecule has 0 saturated heterocycles. The molecular weight excluding hydrogens is 168 g/mol. The van der Waals surface area contributed by atoms with E-state index in [-0.39, 0.29) is 23.8 Å². The first-order chi connectivity index (χ1) is 6.04. The van der Waals surface area contributed by atoms with Crippen molar-refractivity contribution in [2.45, 2.75) is 44.6 Å². The highest BCUT2D eigenvalue weighted by atomic mass is 16.2. The molecule has 13 heavy (non-hydrogen) atoms. The molecule has 1 rings (SSSR count). The molecule has 0 aliphatic heterocycles. The second kappa shape index (κ2) is 3.77. The Kier molecular flexibility index (Phi) is 2.90. The lowest BCUT2D eigenvalue weighted by Crippen LogP contribution is -2.47. The van der Waals surface area contributed by atoms with Gasteiger partial charge in [0.1, 0.15) is 0 Å². The summed E-state index contributed by atoms with van der Waals surface area (Å²) in [6.45, 7) is 1.47. The summed E-state index contributed by atoms with van der Waals surface area (Å²) in [6.07, 6.45) is 4.14. The maximum absolute atomic E-state index is 10.9. The van der Waals surface area contributed by atoms with E-state index in [1.807, 2.05) is 0 Å². The minimum Gasteiger partial charge on any atom is -0.370 e. The maximum atomic E-state index is 10.9. The Morgan fingerprint density at radius 2 is 1.92 bits per heavy atom. The van der Waals surface area contributed by atoms with Crippen molar-refractivity contribution in [3.8, 4) is 0 Å². The fraction of sp³-hybridized carbons (Fsp3) is 0.778. The first-order valence-electron chi connectivity index (χ1n) is 4.61. The highest BCUT2D eigenvalue weighted by Crippen LogP contribution is 2.32. The molecule has 0 radical (unpaired) electrons. The minimum atomic E-state index is -0.337. The predicted molar refractivity (Wildman–Crippen MR) is 48.8 cm³/mol. The molecule has 1 aliphatic carbocycles. The van der Waals surface area contributed by atoms with Crippen LogP contribution in [0.15, 0.2) is 0 Å². The van der Waals surface area contributed by atoms with Crippen LogP contribution in [0.5, 0.6) is 0 Å². The minimum absolute atomic E-state index is 0.0804. The third kappa shape index (κ3) is 2.72. The van der Waals surface area contributed by atoms with Gasteiger partial charge < -0.3 is 11.1 Å². The van der Waals surface area contributed by atoms with Crippen molar-refractivity contribution in [2.24, 2.45) is 5.73 Å². The summed E-state index contributed by atoms with van der Waals surface area (Å²) in [5, 5.41) is 2.85. The summed E-state index contributed by atoms with van der Waals surface area (Å²) in [5.41, 5.74) is 4.81. The average molecular weight is 184 g/mol. The van der Waals surface area contributed by atoms with Gasteiger partial charge in [0.25, 0.3) is 0 Å². The van der Waals surface area contributed by atoms with Gasteiger partial charge in [-0.05, 0) is 12.8 Å². The molecule has 0 aromatic carbocycles. The number of nitrogens with one attached hydrogen (secondary N) is 1. The molecule has 0 bridgehead atoms. The normalized spacial score (nSPS) is 19.8. The fourth-order valence-electron chi connectivity index (χ4n) is 2.10. The van der Waals surface area contributed by atoms with Crippen LogP contribution < -0.4 is 11.1 Å². The first-order valence-corrected chi connectivity index (χ1v) is 4.61. The molecule has 0 unspecified atom stereocenters. The van der Waals surface area contributed by atoms with Gasteiger partial charge in [-0.15, -0.1) is 0 Å². The third-order valence-corrected chi connectivity index (χ3v) is 2.51. The van der Waals surface area contributed by atoms with Crippen LogP contribution in [0.25, 0.3) is 0 Å². The summed E-state index contributed by atoms with van der Waals surface area (Å²) < 4.78 is 0. The second-order valence-electron chi connectivity index (χ2n) is 3.81. The van der Waals surface area contributed by atoms with Crippen LogP contribution >= 0.6 is 0 Å². The zero-order valence-electron chi connectivity index (χ0n) is 7.93. The van der Waals surface area contributed by atoms with E-state index >= 15 is 0 Å². The van der Waals surface area contributed by atoms with Crippen molar-refractivity contribution < 1.29 is 9.59 Å². The second-order valence-corrected chi connectivity index (χ2v) is 3.81. The van der Waals surface area contributed by atoms with Gasteiger partial charge in [-0.3, -0.25) is 9.59 Å². The van der Waals surface area contributed by atoms with Gasteiger partial charge in [0.15, 0.2) is 0 Å².